The number of carbonyl (C=O) groups excluding carboxylic acids is 1. The summed E-state index contributed by atoms with van der Waals surface area (Å²) in [7, 11) is 1.62. The molecule has 2 fully saturated rings. The van der Waals surface area contributed by atoms with Crippen molar-refractivity contribution >= 4 is 32.9 Å². The standard InChI is InChI=1S/C37H39BrN6O4/c1-48-30-9-7-29(8-10-30)44-16-12-32-34(44)40-25-43(36(32)46)24-37(47)13-17-42(18-14-37)35(45)31-11-15-41(22-26-19-28(38)21-39-20-26)23-33(31)27-5-3-2-4-6-27/h2-10,12,16,19-21,25,31,33,47H,11,13-15,17-18,22-24H2,1H3/t31-,33+/m1/s1. The van der Waals surface area contributed by atoms with E-state index in [1.54, 1.807) is 19.4 Å². The Labute approximate surface area is 287 Å². The first-order valence-corrected chi connectivity index (χ1v) is 17.2. The van der Waals surface area contributed by atoms with Crippen LogP contribution in [0, 0.1) is 5.92 Å². The van der Waals surface area contributed by atoms with E-state index in [-0.39, 0.29) is 29.8 Å². The molecular formula is C37H39BrN6O4. The highest BCUT2D eigenvalue weighted by molar-refractivity contribution is 9.10. The van der Waals surface area contributed by atoms with Gasteiger partial charge in [0.05, 0.1) is 24.6 Å². The van der Waals surface area contributed by atoms with Gasteiger partial charge in [0.15, 0.2) is 5.65 Å². The topological polar surface area (TPSA) is 106 Å². The van der Waals surface area contributed by atoms with Crippen LogP contribution < -0.4 is 10.3 Å². The summed E-state index contributed by atoms with van der Waals surface area (Å²) in [4.78, 5) is 40.9. The first-order chi connectivity index (χ1) is 23.3. The summed E-state index contributed by atoms with van der Waals surface area (Å²) in [6.45, 7) is 3.39. The van der Waals surface area contributed by atoms with Crippen LogP contribution in [0.15, 0.2) is 101 Å². The van der Waals surface area contributed by atoms with Crippen LogP contribution in [0.25, 0.3) is 16.7 Å². The number of pyridine rings is 1. The van der Waals surface area contributed by atoms with E-state index in [0.29, 0.717) is 37.0 Å². The number of hydrogen-bond donors (Lipinski definition) is 1. The molecule has 2 aliphatic rings. The first kappa shape index (κ1) is 32.2. The van der Waals surface area contributed by atoms with E-state index in [2.05, 4.69) is 49.0 Å². The molecule has 5 aromatic rings. The zero-order chi connectivity index (χ0) is 33.3. The largest absolute Gasteiger partial charge is 0.497 e. The number of nitrogens with zero attached hydrogens (tertiary/aromatic N) is 6. The molecule has 0 unspecified atom stereocenters. The van der Waals surface area contributed by atoms with Crippen molar-refractivity contribution < 1.29 is 14.6 Å². The van der Waals surface area contributed by atoms with Crippen LogP contribution in [0.2, 0.25) is 0 Å². The van der Waals surface area contributed by atoms with Crippen LogP contribution in [0.4, 0.5) is 0 Å². The van der Waals surface area contributed by atoms with E-state index >= 15 is 0 Å². The maximum atomic E-state index is 14.1. The predicted molar refractivity (Wildman–Crippen MR) is 187 cm³/mol. The Morgan fingerprint density at radius 3 is 2.54 bits per heavy atom. The summed E-state index contributed by atoms with van der Waals surface area (Å²) in [6.07, 6.45) is 8.57. The van der Waals surface area contributed by atoms with Gasteiger partial charge in [0.25, 0.3) is 5.56 Å². The Balaban J connectivity index is 1.02. The van der Waals surface area contributed by atoms with Crippen LogP contribution in [-0.4, -0.2) is 78.8 Å². The Morgan fingerprint density at radius 2 is 1.81 bits per heavy atom. The highest BCUT2D eigenvalue weighted by Gasteiger charge is 2.41. The van der Waals surface area contributed by atoms with Gasteiger partial charge in [0.1, 0.15) is 12.1 Å². The lowest BCUT2D eigenvalue weighted by Crippen LogP contribution is -2.53. The molecule has 0 bridgehead atoms. The number of benzene rings is 2. The van der Waals surface area contributed by atoms with Gasteiger partial charge in [-0.15, -0.1) is 0 Å². The van der Waals surface area contributed by atoms with E-state index in [0.717, 1.165) is 47.5 Å². The molecule has 1 N–H and O–H groups in total. The molecule has 0 aliphatic carbocycles. The van der Waals surface area contributed by atoms with Crippen molar-refractivity contribution in [2.75, 3.05) is 33.3 Å². The van der Waals surface area contributed by atoms with Crippen LogP contribution in [-0.2, 0) is 17.9 Å². The molecule has 248 valence electrons. The summed E-state index contributed by atoms with van der Waals surface area (Å²) in [5, 5.41) is 12.1. The second kappa shape index (κ2) is 13.7. The van der Waals surface area contributed by atoms with Crippen LogP contribution in [0.3, 0.4) is 0 Å². The molecule has 1 amide bonds. The molecule has 2 aromatic carbocycles. The zero-order valence-electron chi connectivity index (χ0n) is 26.9. The number of ether oxygens (including phenoxy) is 1. The van der Waals surface area contributed by atoms with E-state index < -0.39 is 5.60 Å². The quantitative estimate of drug-likeness (QED) is 0.241. The zero-order valence-corrected chi connectivity index (χ0v) is 28.5. The summed E-state index contributed by atoms with van der Waals surface area (Å²) in [5.41, 5.74) is 2.42. The van der Waals surface area contributed by atoms with Gasteiger partial charge >= 0.3 is 0 Å². The van der Waals surface area contributed by atoms with E-state index in [1.807, 2.05) is 64.3 Å². The fraction of sp³-hybridized carbons (Fsp3) is 0.351. The van der Waals surface area contributed by atoms with Crippen molar-refractivity contribution in [2.45, 2.75) is 43.9 Å². The molecule has 0 saturated carbocycles. The van der Waals surface area contributed by atoms with Crippen LogP contribution in [0.1, 0.15) is 36.3 Å². The maximum absolute atomic E-state index is 14.1. The summed E-state index contributed by atoms with van der Waals surface area (Å²) in [5.74, 6) is 0.822. The Hall–Kier alpha value is -4.32. The SMILES string of the molecule is COc1ccc(-n2ccc3c(=O)n(CC4(O)CCN(C(=O)[C@@H]5CCN(Cc6cncc(Br)c6)C[C@H]5c5ccccc5)CC4)cnc32)cc1. The molecule has 5 heterocycles. The number of amides is 1. The van der Waals surface area contributed by atoms with E-state index in [4.69, 9.17) is 4.74 Å². The van der Waals surface area contributed by atoms with Crippen molar-refractivity contribution in [3.8, 4) is 11.4 Å². The number of halogens is 1. The number of methoxy groups -OCH3 is 1. The predicted octanol–water partition coefficient (Wildman–Crippen LogP) is 5.01. The van der Waals surface area contributed by atoms with E-state index in [9.17, 15) is 14.7 Å². The van der Waals surface area contributed by atoms with Gasteiger partial charge < -0.3 is 19.3 Å². The minimum Gasteiger partial charge on any atom is -0.497 e. The van der Waals surface area contributed by atoms with Gasteiger partial charge in [-0.2, -0.15) is 0 Å². The van der Waals surface area contributed by atoms with Gasteiger partial charge in [0.2, 0.25) is 5.91 Å². The van der Waals surface area contributed by atoms with Crippen LogP contribution >= 0.6 is 15.9 Å². The minimum atomic E-state index is -1.12. The molecule has 3 aromatic heterocycles. The van der Waals surface area contributed by atoms with Crippen molar-refractivity contribution in [3.63, 3.8) is 0 Å². The van der Waals surface area contributed by atoms with Gasteiger partial charge in [0, 0.05) is 66.8 Å². The first-order valence-electron chi connectivity index (χ1n) is 16.4. The fourth-order valence-electron chi connectivity index (χ4n) is 7.27. The number of piperidine rings is 2. The number of carbonyl (C=O) groups is 1. The summed E-state index contributed by atoms with van der Waals surface area (Å²) >= 11 is 3.53. The van der Waals surface area contributed by atoms with Crippen LogP contribution in [0.5, 0.6) is 5.75 Å². The molecule has 0 radical (unpaired) electrons. The van der Waals surface area contributed by atoms with Crippen molar-refractivity contribution in [1.29, 1.82) is 0 Å². The third-order valence-corrected chi connectivity index (χ3v) is 10.3. The van der Waals surface area contributed by atoms with Crippen molar-refractivity contribution in [2.24, 2.45) is 5.92 Å². The minimum absolute atomic E-state index is 0.0648. The lowest BCUT2D eigenvalue weighted by molar-refractivity contribution is -0.142. The highest BCUT2D eigenvalue weighted by Crippen LogP contribution is 2.36. The molecule has 48 heavy (non-hydrogen) atoms. The lowest BCUT2D eigenvalue weighted by Gasteiger charge is -2.43. The Morgan fingerprint density at radius 1 is 1.04 bits per heavy atom. The van der Waals surface area contributed by atoms with Gasteiger partial charge in [-0.25, -0.2) is 4.98 Å². The third-order valence-electron chi connectivity index (χ3n) is 9.90. The van der Waals surface area contributed by atoms with Crippen molar-refractivity contribution in [3.05, 3.63) is 118 Å². The van der Waals surface area contributed by atoms with Gasteiger partial charge in [-0.1, -0.05) is 30.3 Å². The summed E-state index contributed by atoms with van der Waals surface area (Å²) < 4.78 is 9.58. The highest BCUT2D eigenvalue weighted by atomic mass is 79.9. The normalized spacial score (nSPS) is 19.8. The number of rotatable bonds is 8. The fourth-order valence-corrected chi connectivity index (χ4v) is 7.68. The second-order valence-corrected chi connectivity index (χ2v) is 13.9. The molecule has 7 rings (SSSR count). The Kier molecular flexibility index (Phi) is 9.17. The summed E-state index contributed by atoms with van der Waals surface area (Å²) in [6, 6.07) is 21.7. The Bertz CT molecular complexity index is 1950. The maximum Gasteiger partial charge on any atom is 0.262 e. The number of hydrogen-bond acceptors (Lipinski definition) is 7. The lowest BCUT2D eigenvalue weighted by atomic mass is 9.79. The molecule has 11 heteroatoms. The average molecular weight is 712 g/mol. The van der Waals surface area contributed by atoms with E-state index in [1.165, 1.54) is 16.5 Å². The molecule has 2 atom stereocenters. The van der Waals surface area contributed by atoms with Crippen molar-refractivity contribution in [1.82, 2.24) is 28.9 Å². The average Bonchev–Trinajstić information content (AvgIpc) is 3.55. The van der Waals surface area contributed by atoms with Gasteiger partial charge in [-0.05, 0) is 89.3 Å². The molecule has 0 spiro atoms. The molecule has 2 aliphatic heterocycles. The molecule has 10 nitrogen and oxygen atoms in total. The third kappa shape index (κ3) is 6.67. The van der Waals surface area contributed by atoms with Gasteiger partial charge in [-0.3, -0.25) is 24.0 Å². The number of aromatic nitrogens is 4. The molecule has 2 saturated heterocycles. The molecular weight excluding hydrogens is 672 g/mol. The number of likely N-dealkylation sites (tertiary alicyclic amines) is 2. The monoisotopic (exact) mass is 710 g/mol. The second-order valence-electron chi connectivity index (χ2n) is 13.0. The number of fused-ring (bicyclic) bond motifs is 1. The smallest absolute Gasteiger partial charge is 0.262 e. The number of aliphatic hydroxyl groups is 1.